The number of carbonyl (C=O) groups excluding carboxylic acids is 1. The molecule has 0 aliphatic carbocycles. The van der Waals surface area contributed by atoms with Gasteiger partial charge in [0.2, 0.25) is 5.28 Å². The zero-order valence-corrected chi connectivity index (χ0v) is 11.8. The molecule has 0 fully saturated rings. The summed E-state index contributed by atoms with van der Waals surface area (Å²) in [6, 6.07) is 0.206. The quantitative estimate of drug-likeness (QED) is 0.561. The van der Waals surface area contributed by atoms with E-state index in [2.05, 4.69) is 19.7 Å². The van der Waals surface area contributed by atoms with Gasteiger partial charge in [0.1, 0.15) is 0 Å². The highest BCUT2D eigenvalue weighted by Crippen LogP contribution is 2.18. The van der Waals surface area contributed by atoms with Crippen LogP contribution < -0.4 is 4.74 Å². The molecule has 0 unspecified atom stereocenters. The van der Waals surface area contributed by atoms with E-state index in [1.165, 1.54) is 18.9 Å². The van der Waals surface area contributed by atoms with Crippen LogP contribution in [0.15, 0.2) is 5.16 Å². The molecule has 100 valence electrons. The SMILES string of the molecule is CCCOc1nc(Cl)nc(SCCC(=O)OC)n1. The number of carbonyl (C=O) groups is 1. The van der Waals surface area contributed by atoms with Crippen molar-refractivity contribution in [3.8, 4) is 6.01 Å². The van der Waals surface area contributed by atoms with Crippen LogP contribution in [0.3, 0.4) is 0 Å². The van der Waals surface area contributed by atoms with Crippen molar-refractivity contribution in [2.24, 2.45) is 0 Å². The summed E-state index contributed by atoms with van der Waals surface area (Å²) >= 11 is 7.05. The molecule has 8 heteroatoms. The second-order valence-electron chi connectivity index (χ2n) is 3.19. The number of thioether (sulfide) groups is 1. The van der Waals surface area contributed by atoms with Gasteiger partial charge in [-0.1, -0.05) is 18.7 Å². The van der Waals surface area contributed by atoms with Crippen molar-refractivity contribution in [3.63, 3.8) is 0 Å². The molecule has 6 nitrogen and oxygen atoms in total. The number of esters is 1. The minimum Gasteiger partial charge on any atom is -0.469 e. The van der Waals surface area contributed by atoms with Crippen LogP contribution in [-0.4, -0.2) is 40.4 Å². The largest absolute Gasteiger partial charge is 0.469 e. The van der Waals surface area contributed by atoms with Gasteiger partial charge in [-0.3, -0.25) is 4.79 Å². The highest BCUT2D eigenvalue weighted by atomic mass is 35.5. The summed E-state index contributed by atoms with van der Waals surface area (Å²) in [5.41, 5.74) is 0. The molecule has 1 heterocycles. The molecule has 0 amide bonds. The summed E-state index contributed by atoms with van der Waals surface area (Å²) < 4.78 is 9.81. The summed E-state index contributed by atoms with van der Waals surface area (Å²) in [4.78, 5) is 22.8. The van der Waals surface area contributed by atoms with Gasteiger partial charge in [-0.25, -0.2) is 0 Å². The number of rotatable bonds is 7. The van der Waals surface area contributed by atoms with Crippen LogP contribution in [0.5, 0.6) is 6.01 Å². The first-order valence-corrected chi connectivity index (χ1v) is 6.76. The lowest BCUT2D eigenvalue weighted by Crippen LogP contribution is -2.04. The molecule has 0 aliphatic heterocycles. The Kier molecular flexibility index (Phi) is 6.74. The Balaban J connectivity index is 2.54. The van der Waals surface area contributed by atoms with Crippen molar-refractivity contribution < 1.29 is 14.3 Å². The molecular weight excluding hydrogens is 278 g/mol. The summed E-state index contributed by atoms with van der Waals surface area (Å²) in [7, 11) is 1.35. The Morgan fingerprint density at radius 1 is 1.39 bits per heavy atom. The van der Waals surface area contributed by atoms with Gasteiger partial charge in [0.05, 0.1) is 20.1 Å². The summed E-state index contributed by atoms with van der Waals surface area (Å²) in [6.45, 7) is 2.50. The molecule has 18 heavy (non-hydrogen) atoms. The lowest BCUT2D eigenvalue weighted by molar-refractivity contribution is -0.140. The minimum atomic E-state index is -0.273. The average Bonchev–Trinajstić information content (AvgIpc) is 2.35. The standard InChI is InChI=1S/C10H14ClN3O3S/c1-3-5-17-9-12-8(11)13-10(14-9)18-6-4-7(15)16-2/h3-6H2,1-2H3. The molecule has 1 aromatic rings. The fourth-order valence-electron chi connectivity index (χ4n) is 0.965. The highest BCUT2D eigenvalue weighted by Gasteiger charge is 2.08. The predicted molar refractivity (Wildman–Crippen MR) is 68.0 cm³/mol. The van der Waals surface area contributed by atoms with Gasteiger partial charge in [0.25, 0.3) is 0 Å². The number of ether oxygens (including phenoxy) is 2. The number of halogens is 1. The van der Waals surface area contributed by atoms with Crippen LogP contribution in [0.1, 0.15) is 19.8 Å². The van der Waals surface area contributed by atoms with Crippen LogP contribution in [-0.2, 0) is 9.53 Å². The van der Waals surface area contributed by atoms with E-state index >= 15 is 0 Å². The van der Waals surface area contributed by atoms with Crippen LogP contribution >= 0.6 is 23.4 Å². The van der Waals surface area contributed by atoms with E-state index in [4.69, 9.17) is 16.3 Å². The third-order valence-electron chi connectivity index (χ3n) is 1.77. The Morgan fingerprint density at radius 3 is 2.83 bits per heavy atom. The van der Waals surface area contributed by atoms with Crippen LogP contribution in [0.2, 0.25) is 5.28 Å². The second-order valence-corrected chi connectivity index (χ2v) is 4.59. The molecule has 0 saturated heterocycles. The van der Waals surface area contributed by atoms with E-state index in [0.717, 1.165) is 6.42 Å². The molecule has 0 aromatic carbocycles. The Labute approximate surface area is 114 Å². The number of aromatic nitrogens is 3. The number of hydrogen-bond acceptors (Lipinski definition) is 7. The van der Waals surface area contributed by atoms with Gasteiger partial charge < -0.3 is 9.47 Å². The number of hydrogen-bond donors (Lipinski definition) is 0. The summed E-state index contributed by atoms with van der Waals surface area (Å²) in [6.07, 6.45) is 1.14. The monoisotopic (exact) mass is 291 g/mol. The van der Waals surface area contributed by atoms with Crippen LogP contribution in [0, 0.1) is 0 Å². The molecule has 0 N–H and O–H groups in total. The van der Waals surface area contributed by atoms with Crippen molar-refractivity contribution in [2.45, 2.75) is 24.9 Å². The Bertz CT molecular complexity index is 406. The maximum atomic E-state index is 10.9. The molecule has 0 bridgehead atoms. The first-order valence-electron chi connectivity index (χ1n) is 5.39. The first-order chi connectivity index (χ1) is 8.65. The van der Waals surface area contributed by atoms with E-state index in [9.17, 15) is 4.79 Å². The van der Waals surface area contributed by atoms with Gasteiger partial charge in [-0.15, -0.1) is 0 Å². The van der Waals surface area contributed by atoms with Crippen molar-refractivity contribution in [3.05, 3.63) is 5.28 Å². The van der Waals surface area contributed by atoms with Gasteiger partial charge >= 0.3 is 12.0 Å². The third kappa shape index (κ3) is 5.50. The van der Waals surface area contributed by atoms with E-state index < -0.39 is 0 Å². The summed E-state index contributed by atoms with van der Waals surface area (Å²) in [5.74, 6) is 0.241. The topological polar surface area (TPSA) is 74.2 Å². The molecule has 0 spiro atoms. The minimum absolute atomic E-state index is 0.0803. The maximum absolute atomic E-state index is 10.9. The van der Waals surface area contributed by atoms with Gasteiger partial charge in [0, 0.05) is 5.75 Å². The molecule has 1 aromatic heterocycles. The van der Waals surface area contributed by atoms with E-state index in [1.54, 1.807) is 0 Å². The van der Waals surface area contributed by atoms with Crippen LogP contribution in [0.25, 0.3) is 0 Å². The van der Waals surface area contributed by atoms with E-state index in [0.29, 0.717) is 17.5 Å². The van der Waals surface area contributed by atoms with E-state index in [-0.39, 0.29) is 23.7 Å². The maximum Gasteiger partial charge on any atom is 0.321 e. The molecule has 0 aliphatic rings. The van der Waals surface area contributed by atoms with E-state index in [1.807, 2.05) is 6.92 Å². The zero-order valence-electron chi connectivity index (χ0n) is 10.2. The fraction of sp³-hybridized carbons (Fsp3) is 0.600. The molecular formula is C10H14ClN3O3S. The van der Waals surface area contributed by atoms with Crippen molar-refractivity contribution in [2.75, 3.05) is 19.5 Å². The van der Waals surface area contributed by atoms with Crippen molar-refractivity contribution in [1.82, 2.24) is 15.0 Å². The van der Waals surface area contributed by atoms with Crippen LogP contribution in [0.4, 0.5) is 0 Å². The van der Waals surface area contributed by atoms with Crippen molar-refractivity contribution >= 4 is 29.3 Å². The highest BCUT2D eigenvalue weighted by molar-refractivity contribution is 7.99. The second kappa shape index (κ2) is 8.10. The third-order valence-corrected chi connectivity index (χ3v) is 2.79. The number of nitrogens with zero attached hydrogens (tertiary/aromatic N) is 3. The number of methoxy groups -OCH3 is 1. The van der Waals surface area contributed by atoms with Gasteiger partial charge in [-0.2, -0.15) is 15.0 Å². The molecule has 0 atom stereocenters. The van der Waals surface area contributed by atoms with Crippen molar-refractivity contribution in [1.29, 1.82) is 0 Å². The van der Waals surface area contributed by atoms with Gasteiger partial charge in [-0.05, 0) is 18.0 Å². The molecule has 1 rings (SSSR count). The Morgan fingerprint density at radius 2 is 2.17 bits per heavy atom. The lowest BCUT2D eigenvalue weighted by atomic mass is 10.5. The zero-order chi connectivity index (χ0) is 13.4. The average molecular weight is 292 g/mol. The predicted octanol–water partition coefficient (Wildman–Crippen LogP) is 1.97. The first kappa shape index (κ1) is 15.0. The summed E-state index contributed by atoms with van der Waals surface area (Å²) in [5, 5.41) is 0.515. The fourth-order valence-corrected chi connectivity index (χ4v) is 1.91. The lowest BCUT2D eigenvalue weighted by Gasteiger charge is -2.04. The Hall–Kier alpha value is -1.08. The smallest absolute Gasteiger partial charge is 0.321 e. The molecule has 0 radical (unpaired) electrons. The van der Waals surface area contributed by atoms with Gasteiger partial charge in [0.15, 0.2) is 5.16 Å². The molecule has 0 saturated carbocycles. The normalized spacial score (nSPS) is 10.2.